The number of aliphatic hydroxyl groups excluding tert-OH is 1. The van der Waals surface area contributed by atoms with Crippen molar-refractivity contribution in [2.75, 3.05) is 6.61 Å². The van der Waals surface area contributed by atoms with Crippen LogP contribution in [0.1, 0.15) is 29.3 Å². The first-order valence-electron chi connectivity index (χ1n) is 4.63. The van der Waals surface area contributed by atoms with E-state index >= 15 is 0 Å². The molecule has 0 radical (unpaired) electrons. The summed E-state index contributed by atoms with van der Waals surface area (Å²) >= 11 is 1.51. The highest BCUT2D eigenvalue weighted by Crippen LogP contribution is 2.13. The maximum Gasteiger partial charge on any atom is 0.252 e. The second-order valence-electron chi connectivity index (χ2n) is 3.23. The monoisotopic (exact) mass is 213 g/mol. The molecule has 0 fully saturated rings. The Morgan fingerprint density at radius 2 is 2.36 bits per heavy atom. The third-order valence-corrected chi connectivity index (χ3v) is 3.01. The number of rotatable bonds is 4. The minimum atomic E-state index is -0.137. The number of aryl methyl sites for hydroxylation is 1. The van der Waals surface area contributed by atoms with Crippen LogP contribution < -0.4 is 5.32 Å². The molecule has 1 unspecified atom stereocenters. The summed E-state index contributed by atoms with van der Waals surface area (Å²) in [4.78, 5) is 11.6. The largest absolute Gasteiger partial charge is 0.394 e. The molecule has 0 spiro atoms. The maximum absolute atomic E-state index is 11.6. The Hall–Kier alpha value is -0.870. The van der Waals surface area contributed by atoms with Crippen LogP contribution in [0.15, 0.2) is 10.8 Å². The van der Waals surface area contributed by atoms with Gasteiger partial charge in [0.15, 0.2) is 0 Å². The SMILES string of the molecule is CCC(CO)NC(=O)c1cscc1C. The summed E-state index contributed by atoms with van der Waals surface area (Å²) in [6, 6.07) is -0.137. The number of carbonyl (C=O) groups is 1. The molecule has 0 aliphatic heterocycles. The van der Waals surface area contributed by atoms with Crippen molar-refractivity contribution in [2.45, 2.75) is 26.3 Å². The Morgan fingerprint density at radius 3 is 2.79 bits per heavy atom. The van der Waals surface area contributed by atoms with Crippen LogP contribution in [-0.4, -0.2) is 23.7 Å². The molecule has 14 heavy (non-hydrogen) atoms. The van der Waals surface area contributed by atoms with Crippen molar-refractivity contribution in [2.24, 2.45) is 0 Å². The molecule has 1 amide bonds. The van der Waals surface area contributed by atoms with Crippen molar-refractivity contribution in [3.8, 4) is 0 Å². The number of nitrogens with one attached hydrogen (secondary N) is 1. The third kappa shape index (κ3) is 2.56. The smallest absolute Gasteiger partial charge is 0.252 e. The van der Waals surface area contributed by atoms with Gasteiger partial charge in [-0.25, -0.2) is 0 Å². The fourth-order valence-electron chi connectivity index (χ4n) is 1.13. The van der Waals surface area contributed by atoms with E-state index < -0.39 is 0 Å². The van der Waals surface area contributed by atoms with Crippen molar-refractivity contribution < 1.29 is 9.90 Å². The topological polar surface area (TPSA) is 49.3 Å². The highest BCUT2D eigenvalue weighted by Gasteiger charge is 2.13. The molecule has 0 aliphatic carbocycles. The van der Waals surface area contributed by atoms with Gasteiger partial charge in [0, 0.05) is 5.38 Å². The number of hydrogen-bond acceptors (Lipinski definition) is 3. The second kappa shape index (κ2) is 5.12. The molecule has 4 heteroatoms. The molecule has 0 saturated heterocycles. The molecule has 2 N–H and O–H groups in total. The minimum Gasteiger partial charge on any atom is -0.394 e. The number of carbonyl (C=O) groups excluding carboxylic acids is 1. The third-order valence-electron chi connectivity index (χ3n) is 2.15. The fraction of sp³-hybridized carbons (Fsp3) is 0.500. The molecule has 1 atom stereocenters. The van der Waals surface area contributed by atoms with Gasteiger partial charge in [-0.3, -0.25) is 4.79 Å². The van der Waals surface area contributed by atoms with E-state index in [2.05, 4.69) is 5.32 Å². The average molecular weight is 213 g/mol. The molecule has 0 bridgehead atoms. The number of aliphatic hydroxyl groups is 1. The number of amides is 1. The van der Waals surface area contributed by atoms with E-state index in [9.17, 15) is 4.79 Å². The Kier molecular flexibility index (Phi) is 4.10. The van der Waals surface area contributed by atoms with Crippen LogP contribution in [0.3, 0.4) is 0 Å². The van der Waals surface area contributed by atoms with Gasteiger partial charge in [0.2, 0.25) is 0 Å². The summed E-state index contributed by atoms with van der Waals surface area (Å²) in [7, 11) is 0. The van der Waals surface area contributed by atoms with Gasteiger partial charge < -0.3 is 10.4 Å². The summed E-state index contributed by atoms with van der Waals surface area (Å²) in [6.07, 6.45) is 0.741. The molecule has 1 rings (SSSR count). The van der Waals surface area contributed by atoms with Crippen LogP contribution in [-0.2, 0) is 0 Å². The zero-order valence-corrected chi connectivity index (χ0v) is 9.23. The first kappa shape index (κ1) is 11.2. The summed E-state index contributed by atoms with van der Waals surface area (Å²) < 4.78 is 0. The Balaban J connectivity index is 2.63. The van der Waals surface area contributed by atoms with Gasteiger partial charge in [-0.2, -0.15) is 11.3 Å². The molecule has 1 aromatic heterocycles. The standard InChI is InChI=1S/C10H15NO2S/c1-3-8(4-12)11-10(13)9-6-14-5-7(9)2/h5-6,8,12H,3-4H2,1-2H3,(H,11,13). The van der Waals surface area contributed by atoms with Gasteiger partial charge in [0.25, 0.3) is 5.91 Å². The fourth-order valence-corrected chi connectivity index (χ4v) is 1.96. The van der Waals surface area contributed by atoms with Crippen LogP contribution >= 0.6 is 11.3 Å². The lowest BCUT2D eigenvalue weighted by molar-refractivity contribution is 0.0915. The normalized spacial score (nSPS) is 12.5. The van der Waals surface area contributed by atoms with Crippen LogP contribution in [0, 0.1) is 6.92 Å². The van der Waals surface area contributed by atoms with Gasteiger partial charge in [-0.05, 0) is 24.3 Å². The van der Waals surface area contributed by atoms with E-state index in [1.807, 2.05) is 24.6 Å². The maximum atomic E-state index is 11.6. The molecule has 1 heterocycles. The van der Waals surface area contributed by atoms with Crippen LogP contribution in [0.25, 0.3) is 0 Å². The molecule has 0 aliphatic rings. The van der Waals surface area contributed by atoms with E-state index in [4.69, 9.17) is 5.11 Å². The Labute approximate surface area is 87.8 Å². The van der Waals surface area contributed by atoms with Crippen molar-refractivity contribution in [3.05, 3.63) is 21.9 Å². The predicted octanol–water partition coefficient (Wildman–Crippen LogP) is 1.56. The van der Waals surface area contributed by atoms with Gasteiger partial charge >= 0.3 is 0 Å². The molecular weight excluding hydrogens is 198 g/mol. The summed E-state index contributed by atoms with van der Waals surface area (Å²) in [5.74, 6) is -0.0929. The average Bonchev–Trinajstić information content (AvgIpc) is 2.60. The summed E-state index contributed by atoms with van der Waals surface area (Å²) in [5, 5.41) is 15.5. The van der Waals surface area contributed by atoms with Crippen molar-refractivity contribution in [1.29, 1.82) is 0 Å². The van der Waals surface area contributed by atoms with Crippen molar-refractivity contribution >= 4 is 17.2 Å². The first-order chi connectivity index (χ1) is 6.69. The van der Waals surface area contributed by atoms with E-state index in [0.717, 1.165) is 12.0 Å². The first-order valence-corrected chi connectivity index (χ1v) is 5.57. The van der Waals surface area contributed by atoms with Gasteiger partial charge in [-0.1, -0.05) is 6.92 Å². The lowest BCUT2D eigenvalue weighted by Gasteiger charge is -2.13. The lowest BCUT2D eigenvalue weighted by Crippen LogP contribution is -2.36. The van der Waals surface area contributed by atoms with Gasteiger partial charge in [0.1, 0.15) is 0 Å². The molecule has 3 nitrogen and oxygen atoms in total. The summed E-state index contributed by atoms with van der Waals surface area (Å²) in [5.41, 5.74) is 1.70. The van der Waals surface area contributed by atoms with Crippen LogP contribution in [0.5, 0.6) is 0 Å². The van der Waals surface area contributed by atoms with Crippen molar-refractivity contribution in [3.63, 3.8) is 0 Å². The Morgan fingerprint density at radius 1 is 1.64 bits per heavy atom. The van der Waals surface area contributed by atoms with E-state index in [1.165, 1.54) is 11.3 Å². The molecule has 78 valence electrons. The molecule has 0 saturated carbocycles. The number of thiophene rings is 1. The van der Waals surface area contributed by atoms with Crippen LogP contribution in [0.2, 0.25) is 0 Å². The molecule has 0 aromatic carbocycles. The van der Waals surface area contributed by atoms with Crippen molar-refractivity contribution in [1.82, 2.24) is 5.32 Å². The highest BCUT2D eigenvalue weighted by molar-refractivity contribution is 7.08. The van der Waals surface area contributed by atoms with E-state index in [0.29, 0.717) is 5.56 Å². The van der Waals surface area contributed by atoms with Crippen LogP contribution in [0.4, 0.5) is 0 Å². The molecular formula is C10H15NO2S. The Bertz CT molecular complexity index is 305. The van der Waals surface area contributed by atoms with E-state index in [1.54, 1.807) is 0 Å². The van der Waals surface area contributed by atoms with Gasteiger partial charge in [0.05, 0.1) is 18.2 Å². The highest BCUT2D eigenvalue weighted by atomic mass is 32.1. The van der Waals surface area contributed by atoms with E-state index in [-0.39, 0.29) is 18.6 Å². The lowest BCUT2D eigenvalue weighted by atomic mass is 10.2. The minimum absolute atomic E-state index is 0.00851. The zero-order chi connectivity index (χ0) is 10.6. The van der Waals surface area contributed by atoms with Gasteiger partial charge in [-0.15, -0.1) is 0 Å². The summed E-state index contributed by atoms with van der Waals surface area (Å²) in [6.45, 7) is 3.83. The molecule has 1 aromatic rings. The quantitative estimate of drug-likeness (QED) is 0.797. The predicted molar refractivity (Wildman–Crippen MR) is 57.7 cm³/mol. The second-order valence-corrected chi connectivity index (χ2v) is 3.97. The zero-order valence-electron chi connectivity index (χ0n) is 8.41. The number of hydrogen-bond donors (Lipinski definition) is 2.